The molecule has 0 spiro atoms. The zero-order valence-corrected chi connectivity index (χ0v) is 25.4. The molecule has 1 atom stereocenters. The Morgan fingerprint density at radius 3 is 2.15 bits per heavy atom. The molecule has 214 valence electrons. The molecular formula is C30H35Cl2N3O4S. The topological polar surface area (TPSA) is 86.8 Å². The number of amides is 2. The van der Waals surface area contributed by atoms with Crippen molar-refractivity contribution in [2.45, 2.75) is 64.1 Å². The number of para-hydroxylation sites is 1. The third-order valence-electron chi connectivity index (χ3n) is 6.41. The molecule has 0 radical (unpaired) electrons. The van der Waals surface area contributed by atoms with Gasteiger partial charge in [-0.15, -0.1) is 0 Å². The normalized spacial score (nSPS) is 12.2. The fourth-order valence-electron chi connectivity index (χ4n) is 4.42. The zero-order valence-electron chi connectivity index (χ0n) is 23.1. The minimum absolute atomic E-state index is 0.0361. The summed E-state index contributed by atoms with van der Waals surface area (Å²) in [7, 11) is -4.13. The van der Waals surface area contributed by atoms with Crippen LogP contribution in [0.5, 0.6) is 0 Å². The van der Waals surface area contributed by atoms with E-state index in [-0.39, 0.29) is 23.4 Å². The second kappa shape index (κ2) is 14.0. The number of rotatable bonds is 12. The highest BCUT2D eigenvalue weighted by Gasteiger charge is 2.34. The van der Waals surface area contributed by atoms with Gasteiger partial charge in [-0.3, -0.25) is 13.9 Å². The first-order chi connectivity index (χ1) is 19.0. The van der Waals surface area contributed by atoms with Gasteiger partial charge in [-0.2, -0.15) is 0 Å². The number of sulfonamides is 1. The van der Waals surface area contributed by atoms with Gasteiger partial charge in [0.05, 0.1) is 20.6 Å². The Morgan fingerprint density at radius 2 is 1.55 bits per heavy atom. The molecule has 0 heterocycles. The molecule has 2 amide bonds. The molecule has 3 aromatic rings. The lowest BCUT2D eigenvalue weighted by molar-refractivity contribution is -0.140. The Hall–Kier alpha value is -3.07. The van der Waals surface area contributed by atoms with E-state index >= 15 is 0 Å². The highest BCUT2D eigenvalue weighted by atomic mass is 35.5. The van der Waals surface area contributed by atoms with Gasteiger partial charge in [0, 0.05) is 12.6 Å². The van der Waals surface area contributed by atoms with E-state index in [0.717, 1.165) is 9.87 Å². The molecule has 3 aromatic carbocycles. The summed E-state index contributed by atoms with van der Waals surface area (Å²) in [6.45, 7) is 6.95. The first-order valence-corrected chi connectivity index (χ1v) is 15.4. The Labute approximate surface area is 247 Å². The first-order valence-electron chi connectivity index (χ1n) is 13.2. The lowest BCUT2D eigenvalue weighted by Crippen LogP contribution is -2.53. The van der Waals surface area contributed by atoms with Crippen LogP contribution in [0.4, 0.5) is 5.69 Å². The number of nitrogens with zero attached hydrogens (tertiary/aromatic N) is 2. The largest absolute Gasteiger partial charge is 0.352 e. The lowest BCUT2D eigenvalue weighted by atomic mass is 10.1. The summed E-state index contributed by atoms with van der Waals surface area (Å²) >= 11 is 12.3. The maximum Gasteiger partial charge on any atom is 0.264 e. The van der Waals surface area contributed by atoms with Crippen LogP contribution in [0, 0.1) is 0 Å². The van der Waals surface area contributed by atoms with Crippen LogP contribution in [0.15, 0.2) is 77.7 Å². The number of benzene rings is 3. The van der Waals surface area contributed by atoms with Crippen molar-refractivity contribution in [1.82, 2.24) is 10.2 Å². The third kappa shape index (κ3) is 7.56. The van der Waals surface area contributed by atoms with Crippen LogP contribution in [0.3, 0.4) is 0 Å². The van der Waals surface area contributed by atoms with Gasteiger partial charge in [-0.05, 0) is 68.1 Å². The van der Waals surface area contributed by atoms with Crippen LogP contribution < -0.4 is 9.62 Å². The van der Waals surface area contributed by atoms with Gasteiger partial charge in [0.1, 0.15) is 12.6 Å². The first kappa shape index (κ1) is 31.5. The fourth-order valence-corrected chi connectivity index (χ4v) is 6.21. The van der Waals surface area contributed by atoms with E-state index in [1.165, 1.54) is 17.0 Å². The number of aryl methyl sites for hydroxylation is 1. The SMILES string of the molecule is CCc1ccccc1N(CC(=O)N(Cc1ccc(Cl)c(Cl)c1)[C@H](CC)C(=O)NC(C)C)S(=O)(=O)c1ccccc1. The monoisotopic (exact) mass is 603 g/mol. The van der Waals surface area contributed by atoms with Gasteiger partial charge in [0.2, 0.25) is 11.8 Å². The summed E-state index contributed by atoms with van der Waals surface area (Å²) < 4.78 is 29.1. The number of hydrogen-bond donors (Lipinski definition) is 1. The molecule has 1 N–H and O–H groups in total. The van der Waals surface area contributed by atoms with Crippen molar-refractivity contribution in [2.24, 2.45) is 0 Å². The van der Waals surface area contributed by atoms with Crippen molar-refractivity contribution < 1.29 is 18.0 Å². The molecule has 40 heavy (non-hydrogen) atoms. The average molecular weight is 605 g/mol. The van der Waals surface area contributed by atoms with Gasteiger partial charge in [0.15, 0.2) is 0 Å². The van der Waals surface area contributed by atoms with Crippen molar-refractivity contribution in [3.05, 3.63) is 94.0 Å². The second-order valence-electron chi connectivity index (χ2n) is 9.66. The third-order valence-corrected chi connectivity index (χ3v) is 8.92. The summed E-state index contributed by atoms with van der Waals surface area (Å²) in [5.74, 6) is -0.848. The Bertz CT molecular complexity index is 1430. The van der Waals surface area contributed by atoms with Crippen LogP contribution in [0.1, 0.15) is 45.2 Å². The molecule has 0 unspecified atom stereocenters. The highest BCUT2D eigenvalue weighted by molar-refractivity contribution is 7.92. The molecule has 3 rings (SSSR count). The molecule has 0 aromatic heterocycles. The van der Waals surface area contributed by atoms with Crippen LogP contribution in [0.25, 0.3) is 0 Å². The molecular weight excluding hydrogens is 569 g/mol. The van der Waals surface area contributed by atoms with E-state index in [2.05, 4.69) is 5.32 Å². The summed E-state index contributed by atoms with van der Waals surface area (Å²) in [5.41, 5.74) is 1.84. The number of carbonyl (C=O) groups excluding carboxylic acids is 2. The summed E-state index contributed by atoms with van der Waals surface area (Å²) in [4.78, 5) is 28.8. The van der Waals surface area contributed by atoms with E-state index < -0.39 is 28.5 Å². The van der Waals surface area contributed by atoms with Crippen LogP contribution in [-0.2, 0) is 32.6 Å². The number of halogens is 2. The maximum absolute atomic E-state index is 14.1. The van der Waals surface area contributed by atoms with E-state index in [9.17, 15) is 18.0 Å². The van der Waals surface area contributed by atoms with Crippen LogP contribution >= 0.6 is 23.2 Å². The summed E-state index contributed by atoms with van der Waals surface area (Å²) in [5, 5.41) is 3.56. The molecule has 0 aliphatic rings. The van der Waals surface area contributed by atoms with Gasteiger partial charge in [0.25, 0.3) is 10.0 Å². The van der Waals surface area contributed by atoms with Crippen molar-refractivity contribution in [3.63, 3.8) is 0 Å². The van der Waals surface area contributed by atoms with Crippen LogP contribution in [-0.4, -0.2) is 43.8 Å². The molecule has 0 aliphatic heterocycles. The lowest BCUT2D eigenvalue weighted by Gasteiger charge is -2.34. The molecule has 0 fully saturated rings. The van der Waals surface area contributed by atoms with Crippen molar-refractivity contribution in [3.8, 4) is 0 Å². The predicted molar refractivity (Wildman–Crippen MR) is 161 cm³/mol. The Balaban J connectivity index is 2.10. The number of hydrogen-bond acceptors (Lipinski definition) is 4. The number of anilines is 1. The minimum atomic E-state index is -4.13. The van der Waals surface area contributed by atoms with E-state index in [1.54, 1.807) is 48.5 Å². The summed E-state index contributed by atoms with van der Waals surface area (Å²) in [6, 6.07) is 19.1. The highest BCUT2D eigenvalue weighted by Crippen LogP contribution is 2.29. The minimum Gasteiger partial charge on any atom is -0.352 e. The van der Waals surface area contributed by atoms with Crippen molar-refractivity contribution >= 4 is 50.7 Å². The molecule has 0 aliphatic carbocycles. The predicted octanol–water partition coefficient (Wildman–Crippen LogP) is 6.08. The average Bonchev–Trinajstić information content (AvgIpc) is 2.93. The zero-order chi connectivity index (χ0) is 29.4. The van der Waals surface area contributed by atoms with Gasteiger partial charge in [-0.1, -0.05) is 79.5 Å². The van der Waals surface area contributed by atoms with Crippen molar-refractivity contribution in [2.75, 3.05) is 10.8 Å². The maximum atomic E-state index is 14.1. The number of carbonyl (C=O) groups is 2. The van der Waals surface area contributed by atoms with Crippen molar-refractivity contribution in [1.29, 1.82) is 0 Å². The molecule has 0 bridgehead atoms. The Morgan fingerprint density at radius 1 is 0.900 bits per heavy atom. The second-order valence-corrected chi connectivity index (χ2v) is 12.3. The number of nitrogens with one attached hydrogen (secondary N) is 1. The van der Waals surface area contributed by atoms with Gasteiger partial charge in [-0.25, -0.2) is 8.42 Å². The molecule has 7 nitrogen and oxygen atoms in total. The van der Waals surface area contributed by atoms with Crippen LogP contribution in [0.2, 0.25) is 10.0 Å². The molecule has 10 heteroatoms. The fraction of sp³-hybridized carbons (Fsp3) is 0.333. The Kier molecular flexibility index (Phi) is 11.0. The smallest absolute Gasteiger partial charge is 0.264 e. The molecule has 0 saturated carbocycles. The van der Waals surface area contributed by atoms with Gasteiger partial charge < -0.3 is 10.2 Å². The van der Waals surface area contributed by atoms with E-state index in [4.69, 9.17) is 23.2 Å². The van der Waals surface area contributed by atoms with E-state index in [1.807, 2.05) is 39.8 Å². The van der Waals surface area contributed by atoms with Gasteiger partial charge >= 0.3 is 0 Å². The standard InChI is InChI=1S/C30H35Cl2N3O4S/c1-5-23-12-10-11-15-28(23)35(40(38,39)24-13-8-7-9-14-24)20-29(36)34(27(6-2)30(37)33-21(3)4)19-22-16-17-25(31)26(32)18-22/h7-18,21,27H,5-6,19-20H2,1-4H3,(H,33,37)/t27-/m1/s1. The quantitative estimate of drug-likeness (QED) is 0.272. The van der Waals surface area contributed by atoms with E-state index in [0.29, 0.717) is 34.1 Å². The molecule has 0 saturated heterocycles. The summed E-state index contributed by atoms with van der Waals surface area (Å²) in [6.07, 6.45) is 0.884.